The van der Waals surface area contributed by atoms with Crippen molar-refractivity contribution < 1.29 is 14.3 Å². The van der Waals surface area contributed by atoms with Crippen LogP contribution in [0.3, 0.4) is 0 Å². The van der Waals surface area contributed by atoms with Gasteiger partial charge in [0.15, 0.2) is 5.82 Å². The molecule has 5 rings (SSSR count). The SMILES string of the molecule is Cc1nc(-c2ccccc2)nc(C(=O)N2CC3(C)CC2CC(C)(C)C3)c1C(=O)OCc1ccccc1. The normalized spacial score (nSPS) is 22.3. The lowest BCUT2D eigenvalue weighted by molar-refractivity contribution is 0.0462. The van der Waals surface area contributed by atoms with Gasteiger partial charge in [0.25, 0.3) is 5.91 Å². The Labute approximate surface area is 212 Å². The number of esters is 1. The van der Waals surface area contributed by atoms with Gasteiger partial charge in [-0.3, -0.25) is 4.79 Å². The van der Waals surface area contributed by atoms with Gasteiger partial charge in [-0.05, 0) is 42.6 Å². The van der Waals surface area contributed by atoms with E-state index in [-0.39, 0.29) is 40.6 Å². The van der Waals surface area contributed by atoms with Crippen LogP contribution in [-0.4, -0.2) is 39.3 Å². The van der Waals surface area contributed by atoms with Crippen molar-refractivity contribution in [3.05, 3.63) is 83.2 Å². The van der Waals surface area contributed by atoms with E-state index >= 15 is 0 Å². The number of likely N-dealkylation sites (tertiary alicyclic amines) is 1. The molecule has 1 aromatic heterocycles. The number of fused-ring (bicyclic) bond motifs is 2. The molecule has 6 nitrogen and oxygen atoms in total. The molecule has 1 amide bonds. The predicted octanol–water partition coefficient (Wildman–Crippen LogP) is 5.85. The number of benzene rings is 2. The van der Waals surface area contributed by atoms with Crippen LogP contribution in [0.2, 0.25) is 0 Å². The Bertz CT molecular complexity index is 1290. The standard InChI is InChI=1S/C30H33N3O3/c1-20-24(28(35)36-17-21-11-7-5-8-12-21)25(32-26(31-20)22-13-9-6-10-14-22)27(34)33-19-30(4)16-23(33)15-29(2,3)18-30/h5-14,23H,15-19H2,1-4H3. The average Bonchev–Trinajstić information content (AvgIpc) is 3.11. The molecule has 1 aliphatic heterocycles. The van der Waals surface area contributed by atoms with Crippen molar-refractivity contribution in [1.82, 2.24) is 14.9 Å². The van der Waals surface area contributed by atoms with Gasteiger partial charge in [-0.25, -0.2) is 14.8 Å². The summed E-state index contributed by atoms with van der Waals surface area (Å²) < 4.78 is 5.64. The first-order valence-electron chi connectivity index (χ1n) is 12.6. The average molecular weight is 484 g/mol. The highest BCUT2D eigenvalue weighted by molar-refractivity contribution is 6.05. The van der Waals surface area contributed by atoms with Crippen molar-refractivity contribution in [3.8, 4) is 11.4 Å². The second-order valence-electron chi connectivity index (χ2n) is 11.4. The molecule has 2 unspecified atom stereocenters. The molecule has 0 N–H and O–H groups in total. The summed E-state index contributed by atoms with van der Waals surface area (Å²) in [6, 6.07) is 19.2. The second kappa shape index (κ2) is 9.16. The minimum Gasteiger partial charge on any atom is -0.457 e. The maximum atomic E-state index is 14.1. The van der Waals surface area contributed by atoms with Crippen molar-refractivity contribution in [2.45, 2.75) is 59.6 Å². The van der Waals surface area contributed by atoms with Gasteiger partial charge in [0, 0.05) is 18.2 Å². The summed E-state index contributed by atoms with van der Waals surface area (Å²) in [5.41, 5.74) is 2.64. The zero-order valence-electron chi connectivity index (χ0n) is 21.5. The van der Waals surface area contributed by atoms with Crippen LogP contribution in [0.25, 0.3) is 11.4 Å². The highest BCUT2D eigenvalue weighted by atomic mass is 16.5. The molecule has 2 fully saturated rings. The van der Waals surface area contributed by atoms with Gasteiger partial charge in [0.05, 0.1) is 5.69 Å². The third-order valence-electron chi connectivity index (χ3n) is 7.42. The van der Waals surface area contributed by atoms with Crippen LogP contribution in [0.4, 0.5) is 0 Å². The Morgan fingerprint density at radius 1 is 0.972 bits per heavy atom. The Morgan fingerprint density at radius 3 is 2.33 bits per heavy atom. The molecule has 0 spiro atoms. The summed E-state index contributed by atoms with van der Waals surface area (Å²) in [6.07, 6.45) is 2.99. The van der Waals surface area contributed by atoms with Crippen LogP contribution in [-0.2, 0) is 11.3 Å². The highest BCUT2D eigenvalue weighted by Crippen LogP contribution is 2.52. The minimum atomic E-state index is -0.576. The van der Waals surface area contributed by atoms with Crippen molar-refractivity contribution in [3.63, 3.8) is 0 Å². The van der Waals surface area contributed by atoms with Gasteiger partial charge >= 0.3 is 5.97 Å². The van der Waals surface area contributed by atoms with E-state index in [1.54, 1.807) is 6.92 Å². The van der Waals surface area contributed by atoms with Crippen molar-refractivity contribution in [1.29, 1.82) is 0 Å². The highest BCUT2D eigenvalue weighted by Gasteiger charge is 2.51. The van der Waals surface area contributed by atoms with Gasteiger partial charge < -0.3 is 9.64 Å². The van der Waals surface area contributed by atoms with Crippen LogP contribution in [0.15, 0.2) is 60.7 Å². The first kappa shape index (κ1) is 24.2. The molecule has 6 heteroatoms. The van der Waals surface area contributed by atoms with Gasteiger partial charge in [0.2, 0.25) is 0 Å². The van der Waals surface area contributed by atoms with Crippen LogP contribution in [0.1, 0.15) is 72.1 Å². The van der Waals surface area contributed by atoms with Crippen LogP contribution >= 0.6 is 0 Å². The summed E-state index contributed by atoms with van der Waals surface area (Å²) in [5, 5.41) is 0. The topological polar surface area (TPSA) is 72.4 Å². The first-order valence-corrected chi connectivity index (χ1v) is 12.6. The van der Waals surface area contributed by atoms with Crippen LogP contribution in [0, 0.1) is 17.8 Å². The summed E-state index contributed by atoms with van der Waals surface area (Å²) in [7, 11) is 0. The van der Waals surface area contributed by atoms with E-state index in [4.69, 9.17) is 9.72 Å². The molecule has 2 atom stereocenters. The van der Waals surface area contributed by atoms with E-state index in [9.17, 15) is 9.59 Å². The Hall–Kier alpha value is -3.54. The fourth-order valence-corrected chi connectivity index (χ4v) is 6.32. The monoisotopic (exact) mass is 483 g/mol. The number of aromatic nitrogens is 2. The van der Waals surface area contributed by atoms with Crippen LogP contribution in [0.5, 0.6) is 0 Å². The molecule has 3 aromatic rings. The lowest BCUT2D eigenvalue weighted by Crippen LogP contribution is -2.39. The predicted molar refractivity (Wildman–Crippen MR) is 138 cm³/mol. The van der Waals surface area contributed by atoms with E-state index < -0.39 is 5.97 Å². The molecule has 36 heavy (non-hydrogen) atoms. The molecule has 2 heterocycles. The number of aryl methyl sites for hydroxylation is 1. The third-order valence-corrected chi connectivity index (χ3v) is 7.42. The lowest BCUT2D eigenvalue weighted by Gasteiger charge is -2.39. The van der Waals surface area contributed by atoms with Crippen molar-refractivity contribution in [2.75, 3.05) is 6.54 Å². The largest absolute Gasteiger partial charge is 0.457 e. The summed E-state index contributed by atoms with van der Waals surface area (Å²) >= 11 is 0. The Morgan fingerprint density at radius 2 is 1.64 bits per heavy atom. The number of nitrogens with zero attached hydrogens (tertiary/aromatic N) is 3. The number of hydrogen-bond acceptors (Lipinski definition) is 5. The first-order chi connectivity index (χ1) is 17.1. The van der Waals surface area contributed by atoms with Gasteiger partial charge in [-0.2, -0.15) is 0 Å². The maximum Gasteiger partial charge on any atom is 0.342 e. The third kappa shape index (κ3) is 4.77. The van der Waals surface area contributed by atoms with E-state index in [0.29, 0.717) is 18.1 Å². The van der Waals surface area contributed by atoms with E-state index in [1.165, 1.54) is 0 Å². The van der Waals surface area contributed by atoms with E-state index in [2.05, 4.69) is 25.8 Å². The zero-order chi connectivity index (χ0) is 25.5. The summed E-state index contributed by atoms with van der Waals surface area (Å²) in [6.45, 7) is 9.36. The summed E-state index contributed by atoms with van der Waals surface area (Å²) in [5.74, 6) is -0.353. The number of ether oxygens (including phenoxy) is 1. The Balaban J connectivity index is 1.53. The number of amides is 1. The molecule has 186 valence electrons. The molecular formula is C30H33N3O3. The number of hydrogen-bond donors (Lipinski definition) is 0. The number of carbonyl (C=O) groups excluding carboxylic acids is 2. The molecule has 2 aliphatic rings. The van der Waals surface area contributed by atoms with Gasteiger partial charge in [-0.1, -0.05) is 81.4 Å². The van der Waals surface area contributed by atoms with Gasteiger partial charge in [-0.15, -0.1) is 0 Å². The van der Waals surface area contributed by atoms with Gasteiger partial charge in [0.1, 0.15) is 17.9 Å². The maximum absolute atomic E-state index is 14.1. The fraction of sp³-hybridized carbons (Fsp3) is 0.400. The van der Waals surface area contributed by atoms with Crippen molar-refractivity contribution >= 4 is 11.9 Å². The Kier molecular flexibility index (Phi) is 6.15. The van der Waals surface area contributed by atoms with Crippen molar-refractivity contribution in [2.24, 2.45) is 10.8 Å². The molecule has 0 radical (unpaired) electrons. The molecule has 2 aromatic carbocycles. The quantitative estimate of drug-likeness (QED) is 0.426. The van der Waals surface area contributed by atoms with E-state index in [1.807, 2.05) is 65.6 Å². The number of rotatable bonds is 5. The molecule has 1 aliphatic carbocycles. The summed E-state index contributed by atoms with van der Waals surface area (Å²) in [4.78, 5) is 38.7. The second-order valence-corrected chi connectivity index (χ2v) is 11.4. The zero-order valence-corrected chi connectivity index (χ0v) is 21.5. The number of carbonyl (C=O) groups is 2. The van der Waals surface area contributed by atoms with E-state index in [0.717, 1.165) is 30.4 Å². The molecule has 2 bridgehead atoms. The smallest absolute Gasteiger partial charge is 0.342 e. The molecule has 1 saturated heterocycles. The molecule has 1 saturated carbocycles. The fourth-order valence-electron chi connectivity index (χ4n) is 6.32. The molecular weight excluding hydrogens is 450 g/mol. The minimum absolute atomic E-state index is 0.0698. The van der Waals surface area contributed by atoms with Crippen LogP contribution < -0.4 is 0 Å². The lowest BCUT2D eigenvalue weighted by atomic mass is 9.65.